The van der Waals surface area contributed by atoms with E-state index in [1.54, 1.807) is 16.4 Å². The van der Waals surface area contributed by atoms with Gasteiger partial charge in [0.1, 0.15) is 11.4 Å². The minimum atomic E-state index is -0.0352. The van der Waals surface area contributed by atoms with Crippen molar-refractivity contribution in [2.75, 3.05) is 12.9 Å². The van der Waals surface area contributed by atoms with Crippen molar-refractivity contribution in [1.82, 2.24) is 24.8 Å². The van der Waals surface area contributed by atoms with Crippen LogP contribution in [0.4, 0.5) is 0 Å². The van der Waals surface area contributed by atoms with Gasteiger partial charge >= 0.3 is 0 Å². The van der Waals surface area contributed by atoms with Gasteiger partial charge in [-0.2, -0.15) is 4.68 Å². The third kappa shape index (κ3) is 3.02. The molecule has 30 heavy (non-hydrogen) atoms. The molecular weight excluding hydrogens is 398 g/mol. The molecule has 148 valence electrons. The summed E-state index contributed by atoms with van der Waals surface area (Å²) in [6.07, 6.45) is 0. The van der Waals surface area contributed by atoms with Gasteiger partial charge in [0.25, 0.3) is 0 Å². The van der Waals surface area contributed by atoms with E-state index in [0.717, 1.165) is 27.5 Å². The monoisotopic (exact) mass is 415 g/mol. The second kappa shape index (κ2) is 7.64. The van der Waals surface area contributed by atoms with Gasteiger partial charge in [0.15, 0.2) is 0 Å². The molecule has 0 spiro atoms. The van der Waals surface area contributed by atoms with Crippen molar-refractivity contribution in [3.8, 4) is 11.4 Å². The third-order valence-corrected chi connectivity index (χ3v) is 5.81. The lowest BCUT2D eigenvalue weighted by Crippen LogP contribution is -2.13. The minimum absolute atomic E-state index is 0.0352. The lowest BCUT2D eigenvalue weighted by Gasteiger charge is -2.09. The molecule has 0 radical (unpaired) electrons. The molecule has 2 heterocycles. The lowest BCUT2D eigenvalue weighted by molar-refractivity contribution is 0.0951. The summed E-state index contributed by atoms with van der Waals surface area (Å²) in [6.45, 7) is 0. The highest BCUT2D eigenvalue weighted by molar-refractivity contribution is 7.99. The van der Waals surface area contributed by atoms with Crippen LogP contribution in [0.3, 0.4) is 0 Å². The second-order valence-corrected chi connectivity index (χ2v) is 7.54. The fourth-order valence-corrected chi connectivity index (χ4v) is 4.34. The summed E-state index contributed by atoms with van der Waals surface area (Å²) in [5.74, 6) is 0.811. The summed E-state index contributed by atoms with van der Waals surface area (Å²) >= 11 is 1.29. The average molecular weight is 415 g/mol. The number of fused-ring (bicyclic) bond motifs is 3. The van der Waals surface area contributed by atoms with Crippen molar-refractivity contribution in [3.63, 3.8) is 0 Å². The zero-order chi connectivity index (χ0) is 20.5. The van der Waals surface area contributed by atoms with Crippen molar-refractivity contribution in [2.24, 2.45) is 0 Å². The Balaban J connectivity index is 1.48. The molecular formula is C22H17N5O2S. The second-order valence-electron chi connectivity index (χ2n) is 6.60. The Labute approximate surface area is 176 Å². The number of hydrogen-bond donors (Lipinski definition) is 0. The number of methoxy groups -OCH3 is 1. The molecule has 0 aliphatic carbocycles. The summed E-state index contributed by atoms with van der Waals surface area (Å²) in [7, 11) is 1.60. The van der Waals surface area contributed by atoms with Crippen LogP contribution in [0.25, 0.3) is 27.5 Å². The maximum Gasteiger partial charge on any atom is 0.242 e. The Morgan fingerprint density at radius 2 is 1.57 bits per heavy atom. The number of thioether (sulfide) groups is 1. The summed E-state index contributed by atoms with van der Waals surface area (Å²) in [6, 6.07) is 23.4. The van der Waals surface area contributed by atoms with Crippen molar-refractivity contribution < 1.29 is 9.53 Å². The van der Waals surface area contributed by atoms with Gasteiger partial charge in [-0.05, 0) is 34.7 Å². The van der Waals surface area contributed by atoms with Crippen LogP contribution in [0.15, 0.2) is 78.0 Å². The van der Waals surface area contributed by atoms with Gasteiger partial charge < -0.3 is 4.74 Å². The van der Waals surface area contributed by atoms with E-state index in [4.69, 9.17) is 4.74 Å². The topological polar surface area (TPSA) is 74.8 Å². The number of aromatic nitrogens is 5. The molecule has 0 bridgehead atoms. The van der Waals surface area contributed by atoms with Gasteiger partial charge in [0.2, 0.25) is 11.1 Å². The van der Waals surface area contributed by atoms with E-state index in [2.05, 4.69) is 15.5 Å². The molecule has 0 amide bonds. The first-order chi connectivity index (χ1) is 14.8. The molecule has 0 aliphatic heterocycles. The smallest absolute Gasteiger partial charge is 0.242 e. The van der Waals surface area contributed by atoms with Crippen LogP contribution >= 0.6 is 11.8 Å². The molecule has 3 aromatic carbocycles. The molecule has 5 aromatic rings. The maximum atomic E-state index is 13.2. The first kappa shape index (κ1) is 18.4. The Morgan fingerprint density at radius 1 is 0.933 bits per heavy atom. The van der Waals surface area contributed by atoms with E-state index in [1.807, 2.05) is 72.8 Å². The number of para-hydroxylation sites is 4. The first-order valence-electron chi connectivity index (χ1n) is 9.34. The first-order valence-corrected chi connectivity index (χ1v) is 10.3. The summed E-state index contributed by atoms with van der Waals surface area (Å²) in [5.41, 5.74) is 2.51. The van der Waals surface area contributed by atoms with Crippen LogP contribution in [-0.4, -0.2) is 43.5 Å². The highest BCUT2D eigenvalue weighted by Crippen LogP contribution is 2.30. The van der Waals surface area contributed by atoms with E-state index in [0.29, 0.717) is 10.9 Å². The molecule has 7 nitrogen and oxygen atoms in total. The average Bonchev–Trinajstić information content (AvgIpc) is 3.40. The molecule has 8 heteroatoms. The van der Waals surface area contributed by atoms with Crippen molar-refractivity contribution >= 4 is 39.5 Å². The number of benzene rings is 3. The normalized spacial score (nSPS) is 11.2. The Hall–Kier alpha value is -3.65. The standard InChI is InChI=1S/C22H17N5O2S/c1-29-20-13-7-6-12-19(20)27-22(23-24-25-27)30-14-21(28)26-17-10-4-2-8-15(17)16-9-3-5-11-18(16)26/h2-13H,14H2,1H3. The Bertz CT molecular complexity index is 1320. The molecule has 0 N–H and O–H groups in total. The molecule has 0 fully saturated rings. The fraction of sp³-hybridized carbons (Fsp3) is 0.0909. The number of hydrogen-bond acceptors (Lipinski definition) is 6. The van der Waals surface area contributed by atoms with E-state index in [1.165, 1.54) is 11.8 Å². The number of carbonyl (C=O) groups excluding carboxylic acids is 1. The predicted octanol–water partition coefficient (Wildman–Crippen LogP) is 4.21. The van der Waals surface area contributed by atoms with Crippen LogP contribution in [0.2, 0.25) is 0 Å². The molecule has 0 saturated heterocycles. The lowest BCUT2D eigenvalue weighted by atomic mass is 10.2. The van der Waals surface area contributed by atoms with E-state index in [9.17, 15) is 4.79 Å². The van der Waals surface area contributed by atoms with Crippen molar-refractivity contribution in [2.45, 2.75) is 5.16 Å². The van der Waals surface area contributed by atoms with Gasteiger partial charge in [0.05, 0.1) is 23.9 Å². The van der Waals surface area contributed by atoms with Crippen LogP contribution in [0, 0.1) is 0 Å². The number of nitrogens with zero attached hydrogens (tertiary/aromatic N) is 5. The number of carbonyl (C=O) groups is 1. The molecule has 0 aliphatic rings. The third-order valence-electron chi connectivity index (χ3n) is 4.91. The molecule has 0 unspecified atom stereocenters. The number of tetrazole rings is 1. The zero-order valence-electron chi connectivity index (χ0n) is 16.1. The van der Waals surface area contributed by atoms with E-state index < -0.39 is 0 Å². The van der Waals surface area contributed by atoms with Crippen molar-refractivity contribution in [1.29, 1.82) is 0 Å². The number of rotatable bonds is 5. The zero-order valence-corrected chi connectivity index (χ0v) is 16.9. The maximum absolute atomic E-state index is 13.2. The molecule has 0 atom stereocenters. The summed E-state index contributed by atoms with van der Waals surface area (Å²) in [5, 5.41) is 14.6. The van der Waals surface area contributed by atoms with E-state index >= 15 is 0 Å². The predicted molar refractivity (Wildman–Crippen MR) is 117 cm³/mol. The summed E-state index contributed by atoms with van der Waals surface area (Å²) in [4.78, 5) is 13.2. The molecule has 5 rings (SSSR count). The van der Waals surface area contributed by atoms with E-state index in [-0.39, 0.29) is 11.7 Å². The molecule has 0 saturated carbocycles. The fourth-order valence-electron chi connectivity index (χ4n) is 3.61. The van der Waals surface area contributed by atoms with Crippen LogP contribution < -0.4 is 4.74 Å². The summed E-state index contributed by atoms with van der Waals surface area (Å²) < 4.78 is 8.77. The van der Waals surface area contributed by atoms with Crippen LogP contribution in [0.1, 0.15) is 4.79 Å². The quantitative estimate of drug-likeness (QED) is 0.400. The Morgan fingerprint density at radius 3 is 2.27 bits per heavy atom. The van der Waals surface area contributed by atoms with Gasteiger partial charge in [-0.1, -0.05) is 60.3 Å². The highest BCUT2D eigenvalue weighted by Gasteiger charge is 2.18. The van der Waals surface area contributed by atoms with Crippen molar-refractivity contribution in [3.05, 3.63) is 72.8 Å². The van der Waals surface area contributed by atoms with Gasteiger partial charge in [-0.15, -0.1) is 5.10 Å². The molecule has 2 aromatic heterocycles. The van der Waals surface area contributed by atoms with Gasteiger partial charge in [-0.25, -0.2) is 0 Å². The highest BCUT2D eigenvalue weighted by atomic mass is 32.2. The number of ether oxygens (including phenoxy) is 1. The van der Waals surface area contributed by atoms with Gasteiger partial charge in [0, 0.05) is 10.8 Å². The minimum Gasteiger partial charge on any atom is -0.494 e. The van der Waals surface area contributed by atoms with Crippen LogP contribution in [0.5, 0.6) is 5.75 Å². The SMILES string of the molecule is COc1ccccc1-n1nnnc1SCC(=O)n1c2ccccc2c2ccccc21. The van der Waals surface area contributed by atoms with Gasteiger partial charge in [-0.3, -0.25) is 9.36 Å². The largest absolute Gasteiger partial charge is 0.494 e. The van der Waals surface area contributed by atoms with Crippen LogP contribution in [-0.2, 0) is 0 Å². The Kier molecular flexibility index (Phi) is 4.68.